The molecule has 0 aliphatic carbocycles. The molecule has 4 nitrogen and oxygen atoms in total. The molecule has 92 valence electrons. The molecule has 2 aromatic rings. The van der Waals surface area contributed by atoms with E-state index in [9.17, 15) is 10.1 Å². The molecule has 0 amide bonds. The molecule has 2 rings (SSSR count). The lowest BCUT2D eigenvalue weighted by molar-refractivity contribution is -0.384. The monoisotopic (exact) mass is 243 g/mol. The molecule has 2 aromatic carbocycles. The lowest BCUT2D eigenvalue weighted by Gasteiger charge is -2.08. The van der Waals surface area contributed by atoms with E-state index in [1.807, 2.05) is 31.2 Å². The van der Waals surface area contributed by atoms with Gasteiger partial charge in [0, 0.05) is 12.1 Å². The summed E-state index contributed by atoms with van der Waals surface area (Å²) < 4.78 is 5.70. The highest BCUT2D eigenvalue weighted by Gasteiger charge is 2.09. The van der Waals surface area contributed by atoms with Crippen LogP contribution in [-0.4, -0.2) is 4.92 Å². The lowest BCUT2D eigenvalue weighted by Crippen LogP contribution is -1.92. The molecule has 0 spiro atoms. The number of aryl methyl sites for hydroxylation is 2. The summed E-state index contributed by atoms with van der Waals surface area (Å²) >= 11 is 0. The van der Waals surface area contributed by atoms with Crippen molar-refractivity contribution in [1.82, 2.24) is 0 Å². The minimum atomic E-state index is -0.413. The fourth-order valence-corrected chi connectivity index (χ4v) is 1.67. The Bertz CT molecular complexity index is 593. The van der Waals surface area contributed by atoms with Gasteiger partial charge in [-0.1, -0.05) is 12.1 Å². The summed E-state index contributed by atoms with van der Waals surface area (Å²) in [5.41, 5.74) is 1.92. The molecule has 0 aliphatic rings. The molecule has 4 heteroatoms. The van der Waals surface area contributed by atoms with Gasteiger partial charge in [0.05, 0.1) is 4.92 Å². The zero-order chi connectivity index (χ0) is 13.1. The second kappa shape index (κ2) is 4.87. The molecule has 0 N–H and O–H groups in total. The van der Waals surface area contributed by atoms with E-state index >= 15 is 0 Å². The number of benzene rings is 2. The Morgan fingerprint density at radius 1 is 1.11 bits per heavy atom. The molecule has 0 atom stereocenters. The maximum atomic E-state index is 10.6. The van der Waals surface area contributed by atoms with E-state index in [-0.39, 0.29) is 5.69 Å². The zero-order valence-electron chi connectivity index (χ0n) is 10.2. The number of hydrogen-bond donors (Lipinski definition) is 0. The second-order valence-electron chi connectivity index (χ2n) is 4.13. The van der Waals surface area contributed by atoms with E-state index in [2.05, 4.69) is 0 Å². The molecule has 0 aromatic heterocycles. The summed E-state index contributed by atoms with van der Waals surface area (Å²) in [7, 11) is 0. The Labute approximate surface area is 105 Å². The average molecular weight is 243 g/mol. The van der Waals surface area contributed by atoms with E-state index in [4.69, 9.17) is 4.74 Å². The fourth-order valence-electron chi connectivity index (χ4n) is 1.67. The van der Waals surface area contributed by atoms with E-state index in [1.54, 1.807) is 13.0 Å². The Kier molecular flexibility index (Phi) is 3.28. The van der Waals surface area contributed by atoms with E-state index < -0.39 is 4.92 Å². The molecule has 0 heterocycles. The number of hydrogen-bond acceptors (Lipinski definition) is 3. The van der Waals surface area contributed by atoms with Crippen molar-refractivity contribution in [2.24, 2.45) is 0 Å². The first-order chi connectivity index (χ1) is 8.56. The van der Waals surface area contributed by atoms with Gasteiger partial charge in [0.15, 0.2) is 0 Å². The largest absolute Gasteiger partial charge is 0.457 e. The molecule has 0 bridgehead atoms. The standard InChI is InChI=1S/C14H13NO3/c1-10-4-3-5-13(8-10)18-14-7-6-12(15(16)17)9-11(14)2/h3-9H,1-2H3. The van der Waals surface area contributed by atoms with Crippen molar-refractivity contribution in [2.75, 3.05) is 0 Å². The fraction of sp³-hybridized carbons (Fsp3) is 0.143. The summed E-state index contributed by atoms with van der Waals surface area (Å²) in [6.45, 7) is 3.77. The molecule has 0 fully saturated rings. The Hall–Kier alpha value is -2.36. The minimum Gasteiger partial charge on any atom is -0.457 e. The topological polar surface area (TPSA) is 52.4 Å². The third kappa shape index (κ3) is 2.66. The van der Waals surface area contributed by atoms with Gasteiger partial charge in [0.1, 0.15) is 11.5 Å². The quantitative estimate of drug-likeness (QED) is 0.604. The molecule has 0 unspecified atom stereocenters. The van der Waals surface area contributed by atoms with Crippen LogP contribution >= 0.6 is 0 Å². The molecule has 0 saturated heterocycles. The number of non-ortho nitro benzene ring substituents is 1. The number of nitrogens with zero attached hydrogens (tertiary/aromatic N) is 1. The summed E-state index contributed by atoms with van der Waals surface area (Å²) in [6, 6.07) is 12.2. The molecule has 0 radical (unpaired) electrons. The summed E-state index contributed by atoms with van der Waals surface area (Å²) in [4.78, 5) is 10.2. The van der Waals surface area contributed by atoms with Crippen molar-refractivity contribution in [3.05, 3.63) is 63.7 Å². The first kappa shape index (κ1) is 12.1. The molecular weight excluding hydrogens is 230 g/mol. The van der Waals surface area contributed by atoms with Gasteiger partial charge in [0.2, 0.25) is 0 Å². The normalized spacial score (nSPS) is 10.1. The van der Waals surface area contributed by atoms with Crippen LogP contribution in [0.4, 0.5) is 5.69 Å². The number of nitro benzene ring substituents is 1. The lowest BCUT2D eigenvalue weighted by atomic mass is 10.2. The first-order valence-corrected chi connectivity index (χ1v) is 5.56. The highest BCUT2D eigenvalue weighted by molar-refractivity contribution is 5.45. The maximum Gasteiger partial charge on any atom is 0.269 e. The first-order valence-electron chi connectivity index (χ1n) is 5.56. The average Bonchev–Trinajstić information content (AvgIpc) is 2.31. The van der Waals surface area contributed by atoms with Crippen LogP contribution in [0.2, 0.25) is 0 Å². The van der Waals surface area contributed by atoms with Crippen molar-refractivity contribution < 1.29 is 9.66 Å². The van der Waals surface area contributed by atoms with Gasteiger partial charge in [-0.3, -0.25) is 10.1 Å². The Balaban J connectivity index is 2.27. The minimum absolute atomic E-state index is 0.0732. The third-order valence-electron chi connectivity index (χ3n) is 2.59. The van der Waals surface area contributed by atoms with Crippen LogP contribution in [-0.2, 0) is 0 Å². The number of rotatable bonds is 3. The number of nitro groups is 1. The van der Waals surface area contributed by atoms with Crippen LogP contribution in [0.15, 0.2) is 42.5 Å². The van der Waals surface area contributed by atoms with Crippen molar-refractivity contribution in [1.29, 1.82) is 0 Å². The predicted octanol–water partition coefficient (Wildman–Crippen LogP) is 4.00. The molecular formula is C14H13NO3. The predicted molar refractivity (Wildman–Crippen MR) is 69.1 cm³/mol. The number of ether oxygens (including phenoxy) is 1. The van der Waals surface area contributed by atoms with Gasteiger partial charge in [0.25, 0.3) is 5.69 Å². The van der Waals surface area contributed by atoms with Crippen LogP contribution in [0.1, 0.15) is 11.1 Å². The van der Waals surface area contributed by atoms with Gasteiger partial charge in [-0.25, -0.2) is 0 Å². The van der Waals surface area contributed by atoms with E-state index in [0.717, 1.165) is 16.9 Å². The summed E-state index contributed by atoms with van der Waals surface area (Å²) in [5.74, 6) is 1.36. The molecule has 0 aliphatic heterocycles. The SMILES string of the molecule is Cc1cccc(Oc2ccc([N+](=O)[O-])cc2C)c1. The smallest absolute Gasteiger partial charge is 0.269 e. The molecule has 18 heavy (non-hydrogen) atoms. The van der Waals surface area contributed by atoms with Gasteiger partial charge in [-0.2, -0.15) is 0 Å². The van der Waals surface area contributed by atoms with Crippen molar-refractivity contribution >= 4 is 5.69 Å². The van der Waals surface area contributed by atoms with Crippen LogP contribution in [0.3, 0.4) is 0 Å². The van der Waals surface area contributed by atoms with Gasteiger partial charge in [-0.15, -0.1) is 0 Å². The van der Waals surface area contributed by atoms with E-state index in [0.29, 0.717) is 5.75 Å². The van der Waals surface area contributed by atoms with Crippen LogP contribution < -0.4 is 4.74 Å². The Morgan fingerprint density at radius 2 is 1.89 bits per heavy atom. The van der Waals surface area contributed by atoms with Crippen molar-refractivity contribution in [2.45, 2.75) is 13.8 Å². The van der Waals surface area contributed by atoms with Gasteiger partial charge in [-0.05, 0) is 43.2 Å². The molecule has 0 saturated carbocycles. The van der Waals surface area contributed by atoms with Crippen LogP contribution in [0.5, 0.6) is 11.5 Å². The third-order valence-corrected chi connectivity index (χ3v) is 2.59. The highest BCUT2D eigenvalue weighted by atomic mass is 16.6. The van der Waals surface area contributed by atoms with Gasteiger partial charge >= 0.3 is 0 Å². The highest BCUT2D eigenvalue weighted by Crippen LogP contribution is 2.28. The summed E-state index contributed by atoms with van der Waals surface area (Å²) in [6.07, 6.45) is 0. The van der Waals surface area contributed by atoms with E-state index in [1.165, 1.54) is 12.1 Å². The summed E-state index contributed by atoms with van der Waals surface area (Å²) in [5, 5.41) is 10.6. The zero-order valence-corrected chi connectivity index (χ0v) is 10.2. The maximum absolute atomic E-state index is 10.6. The van der Waals surface area contributed by atoms with Crippen LogP contribution in [0, 0.1) is 24.0 Å². The van der Waals surface area contributed by atoms with Crippen LogP contribution in [0.25, 0.3) is 0 Å². The second-order valence-corrected chi connectivity index (χ2v) is 4.13. The van der Waals surface area contributed by atoms with Gasteiger partial charge < -0.3 is 4.74 Å². The van der Waals surface area contributed by atoms with Crippen molar-refractivity contribution in [3.8, 4) is 11.5 Å². The Morgan fingerprint density at radius 3 is 2.50 bits per heavy atom. The van der Waals surface area contributed by atoms with Crippen molar-refractivity contribution in [3.63, 3.8) is 0 Å².